The first kappa shape index (κ1) is 20.3. The van der Waals surface area contributed by atoms with Crippen LogP contribution in [0.3, 0.4) is 0 Å². The van der Waals surface area contributed by atoms with Crippen LogP contribution in [0.1, 0.15) is 42.1 Å². The summed E-state index contributed by atoms with van der Waals surface area (Å²) in [6, 6.07) is 11.2. The summed E-state index contributed by atoms with van der Waals surface area (Å²) in [6.07, 6.45) is 2.97. The Bertz CT molecular complexity index is 865. The molecule has 0 unspecified atom stereocenters. The van der Waals surface area contributed by atoms with Gasteiger partial charge < -0.3 is 5.32 Å². The number of halogens is 1. The lowest BCUT2D eigenvalue weighted by Crippen LogP contribution is -2.25. The van der Waals surface area contributed by atoms with E-state index < -0.39 is 10.0 Å². The molecule has 1 amide bonds. The van der Waals surface area contributed by atoms with Gasteiger partial charge in [-0.05, 0) is 43.7 Å². The minimum absolute atomic E-state index is 0.0622. The maximum atomic E-state index is 12.7. The summed E-state index contributed by atoms with van der Waals surface area (Å²) in [6.45, 7) is 4.55. The van der Waals surface area contributed by atoms with Crippen molar-refractivity contribution in [2.24, 2.45) is 0 Å². The normalized spacial score (nSPS) is 11.2. The first-order valence-corrected chi connectivity index (χ1v) is 10.4. The van der Waals surface area contributed by atoms with E-state index >= 15 is 0 Å². The van der Waals surface area contributed by atoms with Crippen LogP contribution in [-0.2, 0) is 10.0 Å². The molecule has 0 saturated heterocycles. The Labute approximate surface area is 159 Å². The molecule has 2 aromatic rings. The molecular weight excluding hydrogens is 372 g/mol. The van der Waals surface area contributed by atoms with E-state index in [2.05, 4.69) is 17.0 Å². The van der Waals surface area contributed by atoms with Gasteiger partial charge in [-0.25, -0.2) is 8.42 Å². The Morgan fingerprint density at radius 3 is 2.42 bits per heavy atom. The molecule has 2 N–H and O–H groups in total. The minimum Gasteiger partial charge on any atom is -0.352 e. The van der Waals surface area contributed by atoms with E-state index in [1.54, 1.807) is 24.3 Å². The van der Waals surface area contributed by atoms with Gasteiger partial charge in [0.2, 0.25) is 0 Å². The smallest absolute Gasteiger partial charge is 0.263 e. The average Bonchev–Trinajstić information content (AvgIpc) is 2.60. The quantitative estimate of drug-likeness (QED) is 0.653. The highest BCUT2D eigenvalue weighted by Crippen LogP contribution is 2.25. The van der Waals surface area contributed by atoms with Crippen molar-refractivity contribution in [2.75, 3.05) is 11.3 Å². The predicted molar refractivity (Wildman–Crippen MR) is 105 cm³/mol. The van der Waals surface area contributed by atoms with Crippen molar-refractivity contribution in [2.45, 2.75) is 38.0 Å². The topological polar surface area (TPSA) is 75.3 Å². The van der Waals surface area contributed by atoms with E-state index in [9.17, 15) is 13.2 Å². The van der Waals surface area contributed by atoms with Gasteiger partial charge in [0, 0.05) is 17.8 Å². The molecule has 0 aliphatic rings. The summed E-state index contributed by atoms with van der Waals surface area (Å²) in [5.41, 5.74) is 1.71. The maximum Gasteiger partial charge on any atom is 0.263 e. The van der Waals surface area contributed by atoms with E-state index in [4.69, 9.17) is 11.6 Å². The Morgan fingerprint density at radius 1 is 1.08 bits per heavy atom. The molecule has 26 heavy (non-hydrogen) atoms. The van der Waals surface area contributed by atoms with Crippen molar-refractivity contribution in [3.05, 3.63) is 58.6 Å². The number of benzene rings is 2. The van der Waals surface area contributed by atoms with E-state index in [1.807, 2.05) is 6.92 Å². The molecule has 140 valence electrons. The second kappa shape index (κ2) is 9.05. The van der Waals surface area contributed by atoms with Gasteiger partial charge in [0.1, 0.15) is 4.90 Å². The van der Waals surface area contributed by atoms with E-state index in [0.717, 1.165) is 24.8 Å². The summed E-state index contributed by atoms with van der Waals surface area (Å²) in [5.74, 6) is -0.315. The second-order valence-corrected chi connectivity index (χ2v) is 8.14. The summed E-state index contributed by atoms with van der Waals surface area (Å²) < 4.78 is 27.8. The molecule has 0 heterocycles. The summed E-state index contributed by atoms with van der Waals surface area (Å²) >= 11 is 6.07. The van der Waals surface area contributed by atoms with Gasteiger partial charge in [0.05, 0.1) is 5.02 Å². The lowest BCUT2D eigenvalue weighted by atomic mass is 10.2. The van der Waals surface area contributed by atoms with Gasteiger partial charge in [0.25, 0.3) is 15.9 Å². The molecular formula is C19H23ClN2O3S. The van der Waals surface area contributed by atoms with Gasteiger partial charge >= 0.3 is 0 Å². The van der Waals surface area contributed by atoms with Crippen LogP contribution in [0.5, 0.6) is 0 Å². The van der Waals surface area contributed by atoms with E-state index in [1.165, 1.54) is 18.2 Å². The standard InChI is InChI=1S/C19H23ClN2O3S/c1-3-4-5-12-21-19(23)15-8-11-17(20)18(13-15)26(24,25)22-16-9-6-14(2)7-10-16/h6-11,13,22H,3-5,12H2,1-2H3,(H,21,23). The van der Waals surface area contributed by atoms with E-state index in [0.29, 0.717) is 12.2 Å². The van der Waals surface area contributed by atoms with Gasteiger partial charge in [-0.15, -0.1) is 0 Å². The molecule has 0 aliphatic carbocycles. The van der Waals surface area contributed by atoms with Crippen LogP contribution in [-0.4, -0.2) is 20.9 Å². The van der Waals surface area contributed by atoms with Crippen molar-refractivity contribution in [1.29, 1.82) is 0 Å². The van der Waals surface area contributed by atoms with Crippen molar-refractivity contribution in [1.82, 2.24) is 5.32 Å². The van der Waals surface area contributed by atoms with Gasteiger partial charge in [-0.3, -0.25) is 9.52 Å². The number of rotatable bonds is 8. The number of unbranched alkanes of at least 4 members (excludes halogenated alkanes) is 2. The van der Waals surface area contributed by atoms with Crippen LogP contribution >= 0.6 is 11.6 Å². The minimum atomic E-state index is -3.90. The Morgan fingerprint density at radius 2 is 1.77 bits per heavy atom. The number of hydrogen-bond donors (Lipinski definition) is 2. The molecule has 7 heteroatoms. The van der Waals surface area contributed by atoms with Gasteiger partial charge in [-0.2, -0.15) is 0 Å². The Hall–Kier alpha value is -2.05. The number of aryl methyl sites for hydroxylation is 1. The van der Waals surface area contributed by atoms with Gasteiger partial charge in [-0.1, -0.05) is 49.1 Å². The summed E-state index contributed by atoms with van der Waals surface area (Å²) in [4.78, 5) is 12.1. The number of anilines is 1. The number of hydrogen-bond acceptors (Lipinski definition) is 3. The molecule has 0 radical (unpaired) electrons. The number of carbonyl (C=O) groups excluding carboxylic acids is 1. The zero-order valence-electron chi connectivity index (χ0n) is 14.9. The largest absolute Gasteiger partial charge is 0.352 e. The molecule has 2 aromatic carbocycles. The fraction of sp³-hybridized carbons (Fsp3) is 0.316. The summed E-state index contributed by atoms with van der Waals surface area (Å²) in [7, 11) is -3.90. The van der Waals surface area contributed by atoms with Gasteiger partial charge in [0.15, 0.2) is 0 Å². The zero-order valence-corrected chi connectivity index (χ0v) is 16.5. The number of carbonyl (C=O) groups is 1. The molecule has 0 spiro atoms. The molecule has 5 nitrogen and oxygen atoms in total. The van der Waals surface area contributed by atoms with Crippen LogP contribution in [0, 0.1) is 6.92 Å². The molecule has 0 atom stereocenters. The zero-order chi connectivity index (χ0) is 19.2. The van der Waals surface area contributed by atoms with E-state index in [-0.39, 0.29) is 21.4 Å². The molecule has 2 rings (SSSR count). The maximum absolute atomic E-state index is 12.7. The first-order chi connectivity index (χ1) is 12.3. The van der Waals surface area contributed by atoms with Crippen molar-refractivity contribution >= 4 is 33.2 Å². The van der Waals surface area contributed by atoms with Crippen LogP contribution in [0.4, 0.5) is 5.69 Å². The lowest BCUT2D eigenvalue weighted by Gasteiger charge is -2.11. The average molecular weight is 395 g/mol. The Balaban J connectivity index is 2.19. The molecule has 0 bridgehead atoms. The lowest BCUT2D eigenvalue weighted by molar-refractivity contribution is 0.0952. The highest BCUT2D eigenvalue weighted by molar-refractivity contribution is 7.92. The molecule has 0 saturated carbocycles. The third-order valence-electron chi connectivity index (χ3n) is 3.85. The SMILES string of the molecule is CCCCCNC(=O)c1ccc(Cl)c(S(=O)(=O)Nc2ccc(C)cc2)c1. The second-order valence-electron chi connectivity index (χ2n) is 6.08. The third-order valence-corrected chi connectivity index (χ3v) is 5.72. The summed E-state index contributed by atoms with van der Waals surface area (Å²) in [5, 5.41) is 2.85. The van der Waals surface area contributed by atoms with Crippen LogP contribution in [0.25, 0.3) is 0 Å². The van der Waals surface area contributed by atoms with Crippen molar-refractivity contribution < 1.29 is 13.2 Å². The monoisotopic (exact) mass is 394 g/mol. The van der Waals surface area contributed by atoms with Crippen LogP contribution in [0.15, 0.2) is 47.4 Å². The van der Waals surface area contributed by atoms with Crippen molar-refractivity contribution in [3.63, 3.8) is 0 Å². The van der Waals surface area contributed by atoms with Crippen LogP contribution in [0.2, 0.25) is 5.02 Å². The predicted octanol–water partition coefficient (Wildman–Crippen LogP) is 4.37. The molecule has 0 fully saturated rings. The number of nitrogens with one attached hydrogen (secondary N) is 2. The highest BCUT2D eigenvalue weighted by atomic mass is 35.5. The fourth-order valence-corrected chi connectivity index (χ4v) is 3.95. The number of sulfonamides is 1. The third kappa shape index (κ3) is 5.47. The van der Waals surface area contributed by atoms with Crippen LogP contribution < -0.4 is 10.0 Å². The van der Waals surface area contributed by atoms with Crippen molar-refractivity contribution in [3.8, 4) is 0 Å². The molecule has 0 aromatic heterocycles. The Kier molecular flexibility index (Phi) is 7.06. The highest BCUT2D eigenvalue weighted by Gasteiger charge is 2.20. The fourth-order valence-electron chi connectivity index (χ4n) is 2.36. The number of amides is 1. The molecule has 0 aliphatic heterocycles. The first-order valence-electron chi connectivity index (χ1n) is 8.50.